The molecule has 0 aliphatic carbocycles. The highest BCUT2D eigenvalue weighted by atomic mass is 32.1. The van der Waals surface area contributed by atoms with Crippen molar-refractivity contribution in [2.75, 3.05) is 29.9 Å². The van der Waals surface area contributed by atoms with Gasteiger partial charge in [0, 0.05) is 42.7 Å². The number of carbonyl (C=O) groups is 2. The number of aromatic nitrogens is 1. The molecule has 1 aliphatic heterocycles. The average molecular weight is 415 g/mol. The molecule has 28 heavy (non-hydrogen) atoms. The molecule has 1 saturated heterocycles. The van der Waals surface area contributed by atoms with Crippen LogP contribution >= 0.6 is 22.7 Å². The van der Waals surface area contributed by atoms with Crippen molar-refractivity contribution < 1.29 is 9.59 Å². The second kappa shape index (κ2) is 8.70. The molecular weight excluding hydrogens is 392 g/mol. The Kier molecular flexibility index (Phi) is 5.87. The first-order valence-electron chi connectivity index (χ1n) is 9.45. The van der Waals surface area contributed by atoms with Crippen LogP contribution in [0.4, 0.5) is 10.8 Å². The molecule has 0 radical (unpaired) electrons. The highest BCUT2D eigenvalue weighted by Gasteiger charge is 2.16. The van der Waals surface area contributed by atoms with Gasteiger partial charge in [0.05, 0.1) is 10.2 Å². The molecule has 3 aromatic rings. The molecule has 6 nitrogen and oxygen atoms in total. The summed E-state index contributed by atoms with van der Waals surface area (Å²) in [6, 6.07) is 7.63. The summed E-state index contributed by atoms with van der Waals surface area (Å²) in [4.78, 5) is 31.1. The van der Waals surface area contributed by atoms with Crippen LogP contribution in [0, 0.1) is 0 Å². The van der Waals surface area contributed by atoms with E-state index in [4.69, 9.17) is 4.98 Å². The Morgan fingerprint density at radius 2 is 2.04 bits per heavy atom. The monoisotopic (exact) mass is 414 g/mol. The second-order valence-corrected chi connectivity index (χ2v) is 8.58. The van der Waals surface area contributed by atoms with Gasteiger partial charge in [-0.3, -0.25) is 9.59 Å². The van der Waals surface area contributed by atoms with Crippen LogP contribution in [0.1, 0.15) is 36.0 Å². The topological polar surface area (TPSA) is 74.3 Å². The number of anilines is 2. The Balaban J connectivity index is 1.26. The van der Waals surface area contributed by atoms with E-state index >= 15 is 0 Å². The fraction of sp³-hybridized carbons (Fsp3) is 0.350. The fourth-order valence-electron chi connectivity index (χ4n) is 3.20. The largest absolute Gasteiger partial charge is 0.352 e. The van der Waals surface area contributed by atoms with Crippen molar-refractivity contribution in [2.24, 2.45) is 0 Å². The van der Waals surface area contributed by atoms with Gasteiger partial charge in [0.1, 0.15) is 0 Å². The Morgan fingerprint density at radius 3 is 2.82 bits per heavy atom. The number of rotatable bonds is 7. The predicted molar refractivity (Wildman–Crippen MR) is 116 cm³/mol. The summed E-state index contributed by atoms with van der Waals surface area (Å²) in [5.41, 5.74) is 2.43. The number of benzene rings is 1. The lowest BCUT2D eigenvalue weighted by atomic mass is 10.2. The van der Waals surface area contributed by atoms with Crippen molar-refractivity contribution in [1.82, 2.24) is 10.3 Å². The lowest BCUT2D eigenvalue weighted by Crippen LogP contribution is -2.25. The number of thiazole rings is 1. The van der Waals surface area contributed by atoms with Gasteiger partial charge in [0.25, 0.3) is 5.91 Å². The van der Waals surface area contributed by atoms with Crippen LogP contribution in [-0.4, -0.2) is 36.4 Å². The summed E-state index contributed by atoms with van der Waals surface area (Å²) in [5, 5.41) is 10.5. The molecule has 0 saturated carbocycles. The van der Waals surface area contributed by atoms with Gasteiger partial charge >= 0.3 is 0 Å². The number of nitrogens with one attached hydrogen (secondary N) is 2. The number of hydrogen-bond donors (Lipinski definition) is 2. The summed E-state index contributed by atoms with van der Waals surface area (Å²) in [7, 11) is 0. The van der Waals surface area contributed by atoms with Crippen molar-refractivity contribution in [3.8, 4) is 0 Å². The number of thiophene rings is 1. The maximum Gasteiger partial charge on any atom is 0.252 e. The third-order valence-electron chi connectivity index (χ3n) is 4.69. The zero-order chi connectivity index (χ0) is 19.3. The molecule has 2 aromatic heterocycles. The van der Waals surface area contributed by atoms with Crippen LogP contribution in [0.2, 0.25) is 0 Å². The standard InChI is InChI=1S/C20H22N4O2S2/c25-18(4-3-8-21-19(26)14-7-11-27-13-14)22-15-5-6-16-17(12-15)28-20(23-16)24-9-1-2-10-24/h5-7,11-13H,1-4,8-10H2,(H,21,26)(H,22,25). The van der Waals surface area contributed by atoms with Gasteiger partial charge in [0.15, 0.2) is 5.13 Å². The predicted octanol–water partition coefficient (Wildman–Crippen LogP) is 4.11. The minimum absolute atomic E-state index is 0.0478. The summed E-state index contributed by atoms with van der Waals surface area (Å²) < 4.78 is 1.09. The number of hydrogen-bond acceptors (Lipinski definition) is 6. The molecule has 0 atom stereocenters. The van der Waals surface area contributed by atoms with Crippen LogP contribution in [0.15, 0.2) is 35.0 Å². The van der Waals surface area contributed by atoms with Gasteiger partial charge in [0.2, 0.25) is 5.91 Å². The first kappa shape index (κ1) is 18.9. The number of amides is 2. The van der Waals surface area contributed by atoms with Crippen molar-refractivity contribution in [1.29, 1.82) is 0 Å². The van der Waals surface area contributed by atoms with E-state index in [1.54, 1.807) is 17.4 Å². The van der Waals surface area contributed by atoms with E-state index < -0.39 is 0 Å². The Bertz CT molecular complexity index is 962. The smallest absolute Gasteiger partial charge is 0.252 e. The molecule has 0 unspecified atom stereocenters. The zero-order valence-electron chi connectivity index (χ0n) is 15.4. The molecule has 146 valence electrons. The second-order valence-electron chi connectivity index (χ2n) is 6.79. The van der Waals surface area contributed by atoms with E-state index in [0.29, 0.717) is 24.9 Å². The Labute approximate surface area is 171 Å². The van der Waals surface area contributed by atoms with E-state index in [1.165, 1.54) is 24.2 Å². The van der Waals surface area contributed by atoms with E-state index in [2.05, 4.69) is 15.5 Å². The molecule has 0 spiro atoms. The molecule has 1 fully saturated rings. The van der Waals surface area contributed by atoms with Gasteiger partial charge in [-0.25, -0.2) is 4.98 Å². The molecule has 2 N–H and O–H groups in total. The van der Waals surface area contributed by atoms with Crippen LogP contribution in [-0.2, 0) is 4.79 Å². The van der Waals surface area contributed by atoms with E-state index in [0.717, 1.165) is 34.1 Å². The first-order chi connectivity index (χ1) is 13.7. The third kappa shape index (κ3) is 4.51. The molecule has 4 rings (SSSR count). The molecule has 8 heteroatoms. The normalized spacial score (nSPS) is 13.8. The summed E-state index contributed by atoms with van der Waals surface area (Å²) in [6.07, 6.45) is 3.42. The van der Waals surface area contributed by atoms with Gasteiger partial charge in [-0.1, -0.05) is 11.3 Å². The highest BCUT2D eigenvalue weighted by molar-refractivity contribution is 7.22. The van der Waals surface area contributed by atoms with E-state index in [-0.39, 0.29) is 11.8 Å². The number of nitrogens with zero attached hydrogens (tertiary/aromatic N) is 2. The minimum Gasteiger partial charge on any atom is -0.352 e. The Hall–Kier alpha value is -2.45. The van der Waals surface area contributed by atoms with E-state index in [9.17, 15) is 9.59 Å². The van der Waals surface area contributed by atoms with Crippen molar-refractivity contribution in [3.63, 3.8) is 0 Å². The minimum atomic E-state index is -0.0916. The SMILES string of the molecule is O=C(CCCNC(=O)c1ccsc1)Nc1ccc2nc(N3CCCC3)sc2c1. The van der Waals surface area contributed by atoms with Crippen LogP contribution in [0.5, 0.6) is 0 Å². The summed E-state index contributed by atoms with van der Waals surface area (Å²) in [5.74, 6) is -0.139. The summed E-state index contributed by atoms with van der Waals surface area (Å²) in [6.45, 7) is 2.63. The van der Waals surface area contributed by atoms with Gasteiger partial charge in [-0.15, -0.1) is 0 Å². The lowest BCUT2D eigenvalue weighted by molar-refractivity contribution is -0.116. The Morgan fingerprint density at radius 1 is 1.18 bits per heavy atom. The summed E-state index contributed by atoms with van der Waals surface area (Å²) >= 11 is 3.17. The van der Waals surface area contributed by atoms with Crippen LogP contribution in [0.25, 0.3) is 10.2 Å². The maximum atomic E-state index is 12.2. The maximum absolute atomic E-state index is 12.2. The van der Waals surface area contributed by atoms with Crippen molar-refractivity contribution >= 4 is 55.5 Å². The zero-order valence-corrected chi connectivity index (χ0v) is 17.1. The molecule has 1 aliphatic rings. The number of carbonyl (C=O) groups excluding carboxylic acids is 2. The van der Waals surface area contributed by atoms with Crippen molar-refractivity contribution in [2.45, 2.75) is 25.7 Å². The van der Waals surface area contributed by atoms with Crippen LogP contribution in [0.3, 0.4) is 0 Å². The van der Waals surface area contributed by atoms with Gasteiger partial charge in [-0.05, 0) is 48.9 Å². The molecule has 3 heterocycles. The van der Waals surface area contributed by atoms with Crippen LogP contribution < -0.4 is 15.5 Å². The molecule has 1 aromatic carbocycles. The fourth-order valence-corrected chi connectivity index (χ4v) is 4.90. The molecule has 0 bridgehead atoms. The first-order valence-corrected chi connectivity index (χ1v) is 11.2. The third-order valence-corrected chi connectivity index (χ3v) is 6.45. The quantitative estimate of drug-likeness (QED) is 0.571. The number of fused-ring (bicyclic) bond motifs is 1. The van der Waals surface area contributed by atoms with Crippen molar-refractivity contribution in [3.05, 3.63) is 40.6 Å². The van der Waals surface area contributed by atoms with Gasteiger partial charge < -0.3 is 15.5 Å². The average Bonchev–Trinajstić information content (AvgIpc) is 3.45. The van der Waals surface area contributed by atoms with Gasteiger partial charge in [-0.2, -0.15) is 11.3 Å². The lowest BCUT2D eigenvalue weighted by Gasteiger charge is -2.11. The molecular formula is C20H22N4O2S2. The molecule has 2 amide bonds. The van der Waals surface area contributed by atoms with E-state index in [1.807, 2.05) is 29.0 Å². The highest BCUT2D eigenvalue weighted by Crippen LogP contribution is 2.32.